The number of ketones is 1. The van der Waals surface area contributed by atoms with Gasteiger partial charge < -0.3 is 19.7 Å². The second-order valence-electron chi connectivity index (χ2n) is 9.01. The van der Waals surface area contributed by atoms with Crippen LogP contribution in [0.3, 0.4) is 0 Å². The molecule has 0 bridgehead atoms. The third-order valence-electron chi connectivity index (χ3n) is 7.82. The molecular formula is C22H28O7. The molecule has 7 nitrogen and oxygen atoms in total. The van der Waals surface area contributed by atoms with Crippen LogP contribution in [0.25, 0.3) is 0 Å². The Morgan fingerprint density at radius 2 is 2.03 bits per heavy atom. The van der Waals surface area contributed by atoms with Gasteiger partial charge in [-0.1, -0.05) is 18.6 Å². The summed E-state index contributed by atoms with van der Waals surface area (Å²) in [7, 11) is 0. The molecule has 7 heteroatoms. The standard InChI is InChI=1S/C22H28O7/c1-3-28-20(27)29-22(19(25)26)9-7-14-15-5-4-12-10-13(23)6-8-21(12,2)18(15)17(24)11-16(14)22/h6,8,10,14-18,24H,3-5,7,9,11H2,1-2H3,(H,25,26)/t14?,15?,16?,17?,18?,21?,22-/m1/s1. The molecule has 0 aliphatic heterocycles. The van der Waals surface area contributed by atoms with Gasteiger partial charge in [-0.2, -0.15) is 0 Å². The van der Waals surface area contributed by atoms with Crippen molar-refractivity contribution in [3.8, 4) is 0 Å². The van der Waals surface area contributed by atoms with Crippen molar-refractivity contribution in [1.82, 2.24) is 0 Å². The normalized spacial score (nSPS) is 42.9. The summed E-state index contributed by atoms with van der Waals surface area (Å²) in [5.74, 6) is -1.58. The number of allylic oxidation sites excluding steroid dienone is 4. The fourth-order valence-corrected chi connectivity index (χ4v) is 6.65. The van der Waals surface area contributed by atoms with E-state index in [1.807, 2.05) is 6.08 Å². The molecule has 0 radical (unpaired) electrons. The van der Waals surface area contributed by atoms with Gasteiger partial charge in [0.1, 0.15) is 0 Å². The molecule has 3 fully saturated rings. The molecule has 6 unspecified atom stereocenters. The van der Waals surface area contributed by atoms with E-state index in [9.17, 15) is 24.6 Å². The van der Waals surface area contributed by atoms with Crippen LogP contribution in [0.5, 0.6) is 0 Å². The predicted octanol–water partition coefficient (Wildman–Crippen LogP) is 2.87. The maximum Gasteiger partial charge on any atom is 0.509 e. The summed E-state index contributed by atoms with van der Waals surface area (Å²) in [6, 6.07) is 0. The van der Waals surface area contributed by atoms with E-state index in [-0.39, 0.29) is 43.0 Å². The van der Waals surface area contributed by atoms with E-state index in [1.54, 1.807) is 19.1 Å². The molecule has 4 aliphatic rings. The molecule has 0 aromatic carbocycles. The maximum absolute atomic E-state index is 12.2. The van der Waals surface area contributed by atoms with E-state index in [0.717, 1.165) is 18.4 Å². The van der Waals surface area contributed by atoms with E-state index >= 15 is 0 Å². The van der Waals surface area contributed by atoms with Crippen LogP contribution in [0.1, 0.15) is 46.0 Å². The van der Waals surface area contributed by atoms with Crippen molar-refractivity contribution >= 4 is 17.9 Å². The van der Waals surface area contributed by atoms with Crippen LogP contribution in [0.4, 0.5) is 4.79 Å². The third kappa shape index (κ3) is 2.93. The van der Waals surface area contributed by atoms with Gasteiger partial charge >= 0.3 is 12.1 Å². The van der Waals surface area contributed by atoms with Gasteiger partial charge in [0.15, 0.2) is 5.78 Å². The summed E-state index contributed by atoms with van der Waals surface area (Å²) in [5, 5.41) is 21.2. The largest absolute Gasteiger partial charge is 0.509 e. The summed E-state index contributed by atoms with van der Waals surface area (Å²) in [4.78, 5) is 36.1. The summed E-state index contributed by atoms with van der Waals surface area (Å²) in [5.41, 5.74) is -1.01. The second kappa shape index (κ2) is 6.97. The van der Waals surface area contributed by atoms with Gasteiger partial charge in [0.2, 0.25) is 5.60 Å². The Morgan fingerprint density at radius 1 is 1.28 bits per heavy atom. The van der Waals surface area contributed by atoms with Crippen LogP contribution < -0.4 is 0 Å². The molecule has 4 aliphatic carbocycles. The molecule has 0 heterocycles. The van der Waals surface area contributed by atoms with Crippen molar-refractivity contribution in [2.75, 3.05) is 6.61 Å². The first kappa shape index (κ1) is 20.1. The van der Waals surface area contributed by atoms with Gasteiger partial charge in [-0.05, 0) is 63.0 Å². The third-order valence-corrected chi connectivity index (χ3v) is 7.82. The minimum absolute atomic E-state index is 0.0207. The summed E-state index contributed by atoms with van der Waals surface area (Å²) in [6.07, 6.45) is 6.12. The first-order valence-electron chi connectivity index (χ1n) is 10.4. The highest BCUT2D eigenvalue weighted by molar-refractivity contribution is 6.01. The van der Waals surface area contributed by atoms with Gasteiger partial charge in [-0.15, -0.1) is 0 Å². The molecule has 0 saturated heterocycles. The monoisotopic (exact) mass is 404 g/mol. The van der Waals surface area contributed by atoms with E-state index < -0.39 is 35.2 Å². The SMILES string of the molecule is CCOC(=O)O[C@]1(C(=O)O)CCC2C3CCC4=CC(=O)C=CC4(C)C3C(O)CC21. The van der Waals surface area contributed by atoms with Crippen molar-refractivity contribution < 1.29 is 34.1 Å². The Morgan fingerprint density at radius 3 is 2.72 bits per heavy atom. The Balaban J connectivity index is 1.66. The molecular weight excluding hydrogens is 376 g/mol. The number of carbonyl (C=O) groups is 3. The molecule has 0 aromatic rings. The molecule has 2 N–H and O–H groups in total. The van der Waals surface area contributed by atoms with Gasteiger partial charge in [0.05, 0.1) is 12.7 Å². The fraction of sp³-hybridized carbons (Fsp3) is 0.682. The smallest absolute Gasteiger partial charge is 0.478 e. The fourth-order valence-electron chi connectivity index (χ4n) is 6.65. The van der Waals surface area contributed by atoms with Crippen LogP contribution in [0.2, 0.25) is 0 Å². The van der Waals surface area contributed by atoms with Crippen LogP contribution in [-0.4, -0.2) is 46.4 Å². The number of aliphatic hydroxyl groups excluding tert-OH is 1. The van der Waals surface area contributed by atoms with Gasteiger partial charge in [0, 0.05) is 17.3 Å². The molecule has 3 saturated carbocycles. The van der Waals surface area contributed by atoms with Crippen molar-refractivity contribution in [1.29, 1.82) is 0 Å². The lowest BCUT2D eigenvalue weighted by atomic mass is 9.50. The average Bonchev–Trinajstić information content (AvgIpc) is 3.01. The Hall–Kier alpha value is -2.15. The molecule has 7 atom stereocenters. The highest BCUT2D eigenvalue weighted by Crippen LogP contribution is 2.62. The number of rotatable bonds is 3. The summed E-state index contributed by atoms with van der Waals surface area (Å²) in [6.45, 7) is 3.81. The molecule has 158 valence electrons. The lowest BCUT2D eigenvalue weighted by Gasteiger charge is -2.56. The number of hydrogen-bond donors (Lipinski definition) is 2. The van der Waals surface area contributed by atoms with Crippen molar-refractivity contribution in [3.05, 3.63) is 23.8 Å². The Labute approximate surface area is 169 Å². The van der Waals surface area contributed by atoms with E-state index in [2.05, 4.69) is 6.92 Å². The number of ether oxygens (including phenoxy) is 2. The van der Waals surface area contributed by atoms with Gasteiger partial charge in [-0.25, -0.2) is 9.59 Å². The Kier molecular flexibility index (Phi) is 4.84. The number of aliphatic carboxylic acids is 1. The number of carbonyl (C=O) groups excluding carboxylic acids is 2. The van der Waals surface area contributed by atoms with E-state index in [0.29, 0.717) is 6.42 Å². The van der Waals surface area contributed by atoms with Gasteiger partial charge in [0.25, 0.3) is 0 Å². The van der Waals surface area contributed by atoms with Crippen LogP contribution in [-0.2, 0) is 19.1 Å². The lowest BCUT2D eigenvalue weighted by molar-refractivity contribution is -0.175. The quantitative estimate of drug-likeness (QED) is 0.696. The van der Waals surface area contributed by atoms with Gasteiger partial charge in [-0.3, -0.25) is 4.79 Å². The van der Waals surface area contributed by atoms with Crippen LogP contribution in [0, 0.1) is 29.1 Å². The van der Waals surface area contributed by atoms with E-state index in [4.69, 9.17) is 9.47 Å². The molecule has 0 amide bonds. The number of carboxylic acids is 1. The first-order chi connectivity index (χ1) is 13.7. The van der Waals surface area contributed by atoms with E-state index in [1.165, 1.54) is 0 Å². The highest BCUT2D eigenvalue weighted by Gasteiger charge is 2.65. The van der Waals surface area contributed by atoms with Crippen molar-refractivity contribution in [2.45, 2.75) is 57.7 Å². The highest BCUT2D eigenvalue weighted by atomic mass is 16.7. The zero-order chi connectivity index (χ0) is 21.0. The maximum atomic E-state index is 12.2. The summed E-state index contributed by atoms with van der Waals surface area (Å²) >= 11 is 0. The average molecular weight is 404 g/mol. The molecule has 4 rings (SSSR count). The second-order valence-corrected chi connectivity index (χ2v) is 9.01. The minimum Gasteiger partial charge on any atom is -0.478 e. The number of carboxylic acid groups (broad SMARTS) is 1. The van der Waals surface area contributed by atoms with Crippen LogP contribution >= 0.6 is 0 Å². The number of aliphatic hydroxyl groups is 1. The number of hydrogen-bond acceptors (Lipinski definition) is 6. The van der Waals surface area contributed by atoms with Crippen molar-refractivity contribution in [3.63, 3.8) is 0 Å². The molecule has 0 aromatic heterocycles. The first-order valence-corrected chi connectivity index (χ1v) is 10.4. The minimum atomic E-state index is -1.65. The van der Waals surface area contributed by atoms with Crippen molar-refractivity contribution in [2.24, 2.45) is 29.1 Å². The molecule has 0 spiro atoms. The molecule has 29 heavy (non-hydrogen) atoms. The number of fused-ring (bicyclic) bond motifs is 5. The van der Waals surface area contributed by atoms with Crippen LogP contribution in [0.15, 0.2) is 23.8 Å². The topological polar surface area (TPSA) is 110 Å². The Bertz CT molecular complexity index is 799. The zero-order valence-corrected chi connectivity index (χ0v) is 16.8. The lowest BCUT2D eigenvalue weighted by Crippen LogP contribution is -2.57. The zero-order valence-electron chi connectivity index (χ0n) is 16.8. The summed E-state index contributed by atoms with van der Waals surface area (Å²) < 4.78 is 10.3. The predicted molar refractivity (Wildman–Crippen MR) is 102 cm³/mol.